The fourth-order valence-electron chi connectivity index (χ4n) is 1.30. The highest BCUT2D eigenvalue weighted by Crippen LogP contribution is 1.97. The standard InChI is InChI=1S/C10H15BrN4O3.ClH/c1-12-3-2-4-13-8(16)6-15-5-7(11)9(17)14-10(15)18;/h5,12H,2-4,6H2,1H3,(H,13,16)(H,14,17,18);1H. The van der Waals surface area contributed by atoms with E-state index >= 15 is 0 Å². The maximum Gasteiger partial charge on any atom is 0.328 e. The van der Waals surface area contributed by atoms with Crippen LogP contribution < -0.4 is 21.9 Å². The lowest BCUT2D eigenvalue weighted by Crippen LogP contribution is -2.36. The van der Waals surface area contributed by atoms with Crippen molar-refractivity contribution in [2.75, 3.05) is 20.1 Å². The molecule has 0 aliphatic carbocycles. The molecule has 108 valence electrons. The highest BCUT2D eigenvalue weighted by Gasteiger charge is 2.06. The molecule has 0 bridgehead atoms. The summed E-state index contributed by atoms with van der Waals surface area (Å²) in [5.74, 6) is -0.271. The first kappa shape index (κ1) is 17.9. The molecule has 0 aliphatic heterocycles. The summed E-state index contributed by atoms with van der Waals surface area (Å²) in [5.41, 5.74) is -1.11. The minimum atomic E-state index is -0.603. The number of carbonyl (C=O) groups is 1. The van der Waals surface area contributed by atoms with Crippen LogP contribution in [0.4, 0.5) is 0 Å². The van der Waals surface area contributed by atoms with Gasteiger partial charge in [-0.25, -0.2) is 4.79 Å². The Labute approximate surface area is 124 Å². The lowest BCUT2D eigenvalue weighted by Gasteiger charge is -2.07. The van der Waals surface area contributed by atoms with Crippen LogP contribution in [0.3, 0.4) is 0 Å². The number of halogens is 2. The fourth-order valence-corrected chi connectivity index (χ4v) is 1.65. The van der Waals surface area contributed by atoms with Gasteiger partial charge in [0.25, 0.3) is 5.56 Å². The predicted molar refractivity (Wildman–Crippen MR) is 77.8 cm³/mol. The van der Waals surface area contributed by atoms with Gasteiger partial charge in [-0.05, 0) is 35.9 Å². The summed E-state index contributed by atoms with van der Waals surface area (Å²) in [5, 5.41) is 5.64. The van der Waals surface area contributed by atoms with Gasteiger partial charge in [-0.1, -0.05) is 0 Å². The van der Waals surface area contributed by atoms with Crippen molar-refractivity contribution in [2.24, 2.45) is 0 Å². The predicted octanol–water partition coefficient (Wildman–Crippen LogP) is -0.553. The van der Waals surface area contributed by atoms with Gasteiger partial charge in [0.15, 0.2) is 0 Å². The number of H-pyrrole nitrogens is 1. The number of nitrogens with zero attached hydrogens (tertiary/aromatic N) is 1. The third kappa shape index (κ3) is 6.04. The maximum absolute atomic E-state index is 11.5. The Hall–Kier alpha value is -1.12. The van der Waals surface area contributed by atoms with Gasteiger partial charge in [0, 0.05) is 12.7 Å². The van der Waals surface area contributed by atoms with E-state index in [1.54, 1.807) is 0 Å². The van der Waals surface area contributed by atoms with Crippen LogP contribution in [-0.4, -0.2) is 35.6 Å². The molecule has 0 saturated carbocycles. The molecule has 0 fully saturated rings. The van der Waals surface area contributed by atoms with Crippen molar-refractivity contribution in [3.05, 3.63) is 31.5 Å². The maximum atomic E-state index is 11.5. The number of amides is 1. The topological polar surface area (TPSA) is 96.0 Å². The SMILES string of the molecule is CNCCCNC(=O)Cn1cc(Br)c(=O)[nH]c1=O.Cl. The molecule has 0 unspecified atom stereocenters. The molecule has 3 N–H and O–H groups in total. The Bertz CT molecular complexity index is 528. The molecule has 9 heteroatoms. The van der Waals surface area contributed by atoms with Gasteiger partial charge >= 0.3 is 5.69 Å². The lowest BCUT2D eigenvalue weighted by atomic mass is 10.4. The van der Waals surface area contributed by atoms with E-state index in [0.717, 1.165) is 17.5 Å². The van der Waals surface area contributed by atoms with Crippen LogP contribution in [0.1, 0.15) is 6.42 Å². The van der Waals surface area contributed by atoms with Gasteiger partial charge in [0.05, 0.1) is 4.47 Å². The van der Waals surface area contributed by atoms with E-state index < -0.39 is 11.2 Å². The molecule has 1 aromatic rings. The average molecular weight is 356 g/mol. The average Bonchev–Trinajstić information content (AvgIpc) is 2.32. The number of rotatable bonds is 6. The van der Waals surface area contributed by atoms with Crippen LogP contribution in [0.5, 0.6) is 0 Å². The van der Waals surface area contributed by atoms with Gasteiger partial charge in [0.1, 0.15) is 6.54 Å². The molecule has 0 spiro atoms. The first-order valence-corrected chi connectivity index (χ1v) is 6.24. The molecule has 1 heterocycles. The first-order chi connectivity index (χ1) is 8.54. The summed E-state index contributed by atoms with van der Waals surface area (Å²) in [6.07, 6.45) is 2.11. The molecular weight excluding hydrogens is 339 g/mol. The molecule has 7 nitrogen and oxygen atoms in total. The smallest absolute Gasteiger partial charge is 0.328 e. The van der Waals surface area contributed by atoms with Crippen molar-refractivity contribution in [3.8, 4) is 0 Å². The van der Waals surface area contributed by atoms with Crippen LogP contribution in [0.2, 0.25) is 0 Å². The summed E-state index contributed by atoms with van der Waals surface area (Å²) < 4.78 is 1.35. The Morgan fingerprint density at radius 2 is 2.11 bits per heavy atom. The van der Waals surface area contributed by atoms with Crippen molar-refractivity contribution in [1.82, 2.24) is 20.2 Å². The molecule has 19 heavy (non-hydrogen) atoms. The summed E-state index contributed by atoms with van der Waals surface area (Å²) >= 11 is 3.00. The number of aromatic amines is 1. The van der Waals surface area contributed by atoms with Crippen LogP contribution >= 0.6 is 28.3 Å². The van der Waals surface area contributed by atoms with Crippen molar-refractivity contribution < 1.29 is 4.79 Å². The van der Waals surface area contributed by atoms with Crippen molar-refractivity contribution in [3.63, 3.8) is 0 Å². The summed E-state index contributed by atoms with van der Waals surface area (Å²) in [6.45, 7) is 1.23. The monoisotopic (exact) mass is 354 g/mol. The van der Waals surface area contributed by atoms with E-state index in [9.17, 15) is 14.4 Å². The van der Waals surface area contributed by atoms with Crippen LogP contribution in [0, 0.1) is 0 Å². The molecule has 0 atom stereocenters. The second-order valence-corrected chi connectivity index (χ2v) is 4.53. The van der Waals surface area contributed by atoms with Crippen molar-refractivity contribution >= 4 is 34.2 Å². The van der Waals surface area contributed by atoms with Crippen LogP contribution in [-0.2, 0) is 11.3 Å². The molecule has 0 saturated heterocycles. The highest BCUT2D eigenvalue weighted by atomic mass is 79.9. The number of aromatic nitrogens is 2. The summed E-state index contributed by atoms with van der Waals surface area (Å²) in [4.78, 5) is 36.1. The molecule has 1 aromatic heterocycles. The summed E-state index contributed by atoms with van der Waals surface area (Å²) in [6, 6.07) is 0. The molecule has 0 radical (unpaired) electrons. The third-order valence-electron chi connectivity index (χ3n) is 2.21. The van der Waals surface area contributed by atoms with Crippen LogP contribution in [0.15, 0.2) is 20.3 Å². The minimum absolute atomic E-state index is 0. The molecule has 0 aromatic carbocycles. The number of nitrogens with one attached hydrogen (secondary N) is 3. The zero-order chi connectivity index (χ0) is 13.5. The summed E-state index contributed by atoms with van der Waals surface area (Å²) in [7, 11) is 1.83. The normalized spacial score (nSPS) is 9.79. The number of hydrogen-bond donors (Lipinski definition) is 3. The Balaban J connectivity index is 0.00000324. The van der Waals surface area contributed by atoms with E-state index in [1.165, 1.54) is 6.20 Å². The van der Waals surface area contributed by atoms with Crippen molar-refractivity contribution in [2.45, 2.75) is 13.0 Å². The number of carbonyl (C=O) groups excluding carboxylic acids is 1. The lowest BCUT2D eigenvalue weighted by molar-refractivity contribution is -0.121. The van der Waals surface area contributed by atoms with Crippen LogP contribution in [0.25, 0.3) is 0 Å². The van der Waals surface area contributed by atoms with Gasteiger partial charge in [-0.3, -0.25) is 19.1 Å². The van der Waals surface area contributed by atoms with E-state index in [1.807, 2.05) is 7.05 Å². The Morgan fingerprint density at radius 3 is 2.74 bits per heavy atom. The zero-order valence-electron chi connectivity index (χ0n) is 10.4. The van der Waals surface area contributed by atoms with E-state index in [-0.39, 0.29) is 29.3 Å². The van der Waals surface area contributed by atoms with Gasteiger partial charge in [-0.2, -0.15) is 0 Å². The quantitative estimate of drug-likeness (QED) is 0.597. The first-order valence-electron chi connectivity index (χ1n) is 5.45. The van der Waals surface area contributed by atoms with E-state index in [0.29, 0.717) is 6.54 Å². The Morgan fingerprint density at radius 1 is 1.42 bits per heavy atom. The highest BCUT2D eigenvalue weighted by molar-refractivity contribution is 9.10. The second kappa shape index (κ2) is 8.89. The third-order valence-corrected chi connectivity index (χ3v) is 2.77. The van der Waals surface area contributed by atoms with Gasteiger partial charge in [0.2, 0.25) is 5.91 Å². The largest absolute Gasteiger partial charge is 0.355 e. The van der Waals surface area contributed by atoms with E-state index in [2.05, 4.69) is 31.5 Å². The van der Waals surface area contributed by atoms with Gasteiger partial charge < -0.3 is 10.6 Å². The Kier molecular flexibility index (Phi) is 8.37. The number of hydrogen-bond acceptors (Lipinski definition) is 4. The molecule has 1 rings (SSSR count). The zero-order valence-corrected chi connectivity index (χ0v) is 12.8. The van der Waals surface area contributed by atoms with Crippen molar-refractivity contribution in [1.29, 1.82) is 0 Å². The minimum Gasteiger partial charge on any atom is -0.355 e. The molecule has 0 aliphatic rings. The fraction of sp³-hybridized carbons (Fsp3) is 0.500. The molecular formula is C10H16BrClN4O3. The van der Waals surface area contributed by atoms with Gasteiger partial charge in [-0.15, -0.1) is 12.4 Å². The van der Waals surface area contributed by atoms with E-state index in [4.69, 9.17) is 0 Å². The molecule has 1 amide bonds. The second-order valence-electron chi connectivity index (χ2n) is 3.67.